The summed E-state index contributed by atoms with van der Waals surface area (Å²) in [6.07, 6.45) is -0.617. The maximum absolute atomic E-state index is 12.4. The van der Waals surface area contributed by atoms with Crippen LogP contribution in [0.25, 0.3) is 21.7 Å². The molecule has 0 spiro atoms. The molecule has 1 N–H and O–H groups in total. The normalized spacial score (nSPS) is 12.4. The van der Waals surface area contributed by atoms with Crippen LogP contribution in [0.2, 0.25) is 0 Å². The predicted molar refractivity (Wildman–Crippen MR) is 102 cm³/mol. The molecule has 0 amide bonds. The highest BCUT2D eigenvalue weighted by Crippen LogP contribution is 2.27. The molecule has 0 bridgehead atoms. The zero-order valence-electron chi connectivity index (χ0n) is 14.3. The molecule has 0 aliphatic rings. The summed E-state index contributed by atoms with van der Waals surface area (Å²) < 4.78 is 10.6. The highest BCUT2D eigenvalue weighted by Gasteiger charge is 2.16. The second kappa shape index (κ2) is 6.65. The number of aliphatic hydroxyl groups excluding tert-OH is 1. The Morgan fingerprint density at radius 2 is 1.77 bits per heavy atom. The van der Waals surface area contributed by atoms with E-state index in [9.17, 15) is 9.90 Å². The van der Waals surface area contributed by atoms with Crippen LogP contribution in [0.1, 0.15) is 17.2 Å². The molecular formula is C22H18O4. The fourth-order valence-electron chi connectivity index (χ4n) is 3.21. The van der Waals surface area contributed by atoms with Crippen molar-refractivity contribution < 1.29 is 14.3 Å². The summed E-state index contributed by atoms with van der Waals surface area (Å²) in [5, 5.41) is 13.5. The zero-order valence-corrected chi connectivity index (χ0v) is 14.3. The van der Waals surface area contributed by atoms with Crippen LogP contribution < -0.4 is 10.4 Å². The summed E-state index contributed by atoms with van der Waals surface area (Å²) >= 11 is 0. The topological polar surface area (TPSA) is 59.7 Å². The average Bonchev–Trinajstić information content (AvgIpc) is 2.67. The number of ether oxygens (including phenoxy) is 1. The van der Waals surface area contributed by atoms with Gasteiger partial charge in [0, 0.05) is 11.8 Å². The lowest BCUT2D eigenvalue weighted by atomic mass is 9.99. The van der Waals surface area contributed by atoms with Crippen molar-refractivity contribution in [3.63, 3.8) is 0 Å². The van der Waals surface area contributed by atoms with Crippen LogP contribution in [-0.4, -0.2) is 12.2 Å². The maximum atomic E-state index is 12.4. The molecule has 4 heteroatoms. The third kappa shape index (κ3) is 2.95. The van der Waals surface area contributed by atoms with Crippen LogP contribution >= 0.6 is 0 Å². The predicted octanol–water partition coefficient (Wildman–Crippen LogP) is 4.23. The molecule has 0 saturated carbocycles. The Hall–Kier alpha value is -3.11. The molecule has 4 rings (SSSR count). The van der Waals surface area contributed by atoms with Crippen molar-refractivity contribution in [2.45, 2.75) is 12.5 Å². The van der Waals surface area contributed by atoms with Gasteiger partial charge in [-0.1, -0.05) is 42.5 Å². The van der Waals surface area contributed by atoms with Crippen LogP contribution in [0.4, 0.5) is 0 Å². The van der Waals surface area contributed by atoms with Gasteiger partial charge in [0.15, 0.2) is 0 Å². The first kappa shape index (κ1) is 16.4. The molecule has 0 saturated heterocycles. The molecule has 0 aliphatic carbocycles. The number of fused-ring (bicyclic) bond motifs is 3. The number of rotatable bonds is 4. The minimum atomic E-state index is -0.942. The van der Waals surface area contributed by atoms with E-state index in [1.807, 2.05) is 54.6 Å². The standard InChI is InChI=1S/C22H18O4/c1-25-16-9-6-14(7-10-16)12-20(23)19-13-18-17-5-3-2-4-15(17)8-11-21(18)26-22(19)24/h2-11,13,20,23H,12H2,1H3. The molecule has 0 fully saturated rings. The lowest BCUT2D eigenvalue weighted by Gasteiger charge is -2.12. The quantitative estimate of drug-likeness (QED) is 0.444. The van der Waals surface area contributed by atoms with Crippen molar-refractivity contribution in [2.24, 2.45) is 0 Å². The van der Waals surface area contributed by atoms with Gasteiger partial charge in [0.25, 0.3) is 0 Å². The van der Waals surface area contributed by atoms with Gasteiger partial charge in [-0.3, -0.25) is 0 Å². The first-order valence-electron chi connectivity index (χ1n) is 8.42. The van der Waals surface area contributed by atoms with Crippen LogP contribution in [-0.2, 0) is 6.42 Å². The van der Waals surface area contributed by atoms with Gasteiger partial charge in [-0.2, -0.15) is 0 Å². The first-order valence-corrected chi connectivity index (χ1v) is 8.42. The molecule has 1 aromatic heterocycles. The first-order chi connectivity index (χ1) is 12.7. The largest absolute Gasteiger partial charge is 0.497 e. The third-order valence-corrected chi connectivity index (χ3v) is 4.62. The van der Waals surface area contributed by atoms with Gasteiger partial charge in [0.05, 0.1) is 18.8 Å². The molecule has 130 valence electrons. The van der Waals surface area contributed by atoms with E-state index in [-0.39, 0.29) is 5.56 Å². The highest BCUT2D eigenvalue weighted by molar-refractivity contribution is 6.05. The van der Waals surface area contributed by atoms with Crippen molar-refractivity contribution >= 4 is 21.7 Å². The zero-order chi connectivity index (χ0) is 18.1. The lowest BCUT2D eigenvalue weighted by Crippen LogP contribution is -2.14. The van der Waals surface area contributed by atoms with Crippen LogP contribution in [0.3, 0.4) is 0 Å². The van der Waals surface area contributed by atoms with E-state index >= 15 is 0 Å². The van der Waals surface area contributed by atoms with Gasteiger partial charge in [-0.05, 0) is 40.6 Å². The van der Waals surface area contributed by atoms with Gasteiger partial charge in [-0.15, -0.1) is 0 Å². The van der Waals surface area contributed by atoms with E-state index in [2.05, 4.69) is 0 Å². The van der Waals surface area contributed by atoms with Gasteiger partial charge in [-0.25, -0.2) is 4.79 Å². The van der Waals surface area contributed by atoms with E-state index in [4.69, 9.17) is 9.15 Å². The fourth-order valence-corrected chi connectivity index (χ4v) is 3.21. The fraction of sp³-hybridized carbons (Fsp3) is 0.136. The van der Waals surface area contributed by atoms with Crippen LogP contribution in [0, 0.1) is 0 Å². The van der Waals surface area contributed by atoms with Crippen molar-refractivity contribution in [3.05, 3.63) is 88.3 Å². The Bertz CT molecular complexity index is 1130. The summed E-state index contributed by atoms with van der Waals surface area (Å²) in [6, 6.07) is 20.8. The molecule has 3 aromatic carbocycles. The molecule has 4 aromatic rings. The number of hydrogen-bond acceptors (Lipinski definition) is 4. The number of benzene rings is 3. The number of aliphatic hydroxyl groups is 1. The molecular weight excluding hydrogens is 328 g/mol. The number of hydrogen-bond donors (Lipinski definition) is 1. The highest BCUT2D eigenvalue weighted by atomic mass is 16.5. The van der Waals surface area contributed by atoms with Gasteiger partial charge in [0.2, 0.25) is 0 Å². The SMILES string of the molecule is COc1ccc(CC(O)c2cc3c(ccc4ccccc43)oc2=O)cc1. The van der Waals surface area contributed by atoms with Crippen molar-refractivity contribution in [3.8, 4) is 5.75 Å². The van der Waals surface area contributed by atoms with Gasteiger partial charge >= 0.3 is 5.63 Å². The molecule has 4 nitrogen and oxygen atoms in total. The molecule has 1 atom stereocenters. The van der Waals surface area contributed by atoms with Crippen molar-refractivity contribution in [1.82, 2.24) is 0 Å². The monoisotopic (exact) mass is 346 g/mol. The molecule has 1 unspecified atom stereocenters. The second-order valence-corrected chi connectivity index (χ2v) is 6.26. The van der Waals surface area contributed by atoms with Crippen LogP contribution in [0.5, 0.6) is 5.75 Å². The van der Waals surface area contributed by atoms with Crippen molar-refractivity contribution in [1.29, 1.82) is 0 Å². The van der Waals surface area contributed by atoms with E-state index in [1.165, 1.54) is 0 Å². The number of methoxy groups -OCH3 is 1. The lowest BCUT2D eigenvalue weighted by molar-refractivity contribution is 0.174. The molecule has 26 heavy (non-hydrogen) atoms. The Morgan fingerprint density at radius 1 is 1.00 bits per heavy atom. The summed E-state index contributed by atoms with van der Waals surface area (Å²) in [4.78, 5) is 12.4. The third-order valence-electron chi connectivity index (χ3n) is 4.62. The summed E-state index contributed by atoms with van der Waals surface area (Å²) in [6.45, 7) is 0. The summed E-state index contributed by atoms with van der Waals surface area (Å²) in [5.41, 5.74) is 1.20. The molecule has 1 heterocycles. The summed E-state index contributed by atoms with van der Waals surface area (Å²) in [7, 11) is 1.61. The second-order valence-electron chi connectivity index (χ2n) is 6.26. The Kier molecular flexibility index (Phi) is 4.19. The Labute approximate surface area is 150 Å². The minimum Gasteiger partial charge on any atom is -0.497 e. The average molecular weight is 346 g/mol. The van der Waals surface area contributed by atoms with E-state index in [0.717, 1.165) is 27.5 Å². The molecule has 0 radical (unpaired) electrons. The van der Waals surface area contributed by atoms with E-state index < -0.39 is 11.7 Å². The van der Waals surface area contributed by atoms with E-state index in [1.54, 1.807) is 19.2 Å². The maximum Gasteiger partial charge on any atom is 0.342 e. The summed E-state index contributed by atoms with van der Waals surface area (Å²) in [5.74, 6) is 0.750. The van der Waals surface area contributed by atoms with Gasteiger partial charge in [0.1, 0.15) is 11.3 Å². The van der Waals surface area contributed by atoms with Crippen LogP contribution in [0.15, 0.2) is 75.9 Å². The van der Waals surface area contributed by atoms with E-state index in [0.29, 0.717) is 12.0 Å². The van der Waals surface area contributed by atoms with Crippen molar-refractivity contribution in [2.75, 3.05) is 7.11 Å². The Morgan fingerprint density at radius 3 is 2.54 bits per heavy atom. The Balaban J connectivity index is 1.75. The smallest absolute Gasteiger partial charge is 0.342 e. The van der Waals surface area contributed by atoms with Gasteiger partial charge < -0.3 is 14.3 Å². The molecule has 0 aliphatic heterocycles. The minimum absolute atomic E-state index is 0.268.